The highest BCUT2D eigenvalue weighted by Crippen LogP contribution is 2.27. The van der Waals surface area contributed by atoms with Gasteiger partial charge in [0.1, 0.15) is 0 Å². The maximum Gasteiger partial charge on any atom is 0.303 e. The van der Waals surface area contributed by atoms with Gasteiger partial charge in [-0.3, -0.25) is 9.59 Å². The molecule has 1 aliphatic heterocycles. The van der Waals surface area contributed by atoms with Crippen LogP contribution in [-0.4, -0.2) is 47.7 Å². The second kappa shape index (κ2) is 6.18. The summed E-state index contributed by atoms with van der Waals surface area (Å²) in [5.74, 6) is -0.821. The van der Waals surface area contributed by atoms with Gasteiger partial charge in [-0.05, 0) is 11.8 Å². The van der Waals surface area contributed by atoms with Gasteiger partial charge in [-0.25, -0.2) is 0 Å². The summed E-state index contributed by atoms with van der Waals surface area (Å²) < 4.78 is 5.36. The Kier molecular flexibility index (Phi) is 5.14. The van der Waals surface area contributed by atoms with Gasteiger partial charge in [-0.1, -0.05) is 20.8 Å². The number of hydrogen-bond acceptors (Lipinski definition) is 3. The fourth-order valence-electron chi connectivity index (χ4n) is 2.30. The second-order valence-electron chi connectivity index (χ2n) is 5.64. The molecule has 0 spiro atoms. The highest BCUT2D eigenvalue weighted by molar-refractivity contribution is 5.78. The molecule has 0 aromatic heterocycles. The number of nitrogens with zero attached hydrogens (tertiary/aromatic N) is 1. The maximum absolute atomic E-state index is 12.2. The number of carbonyl (C=O) groups is 2. The molecule has 1 rings (SSSR count). The second-order valence-corrected chi connectivity index (χ2v) is 5.64. The van der Waals surface area contributed by atoms with Crippen molar-refractivity contribution in [2.75, 3.05) is 19.8 Å². The van der Waals surface area contributed by atoms with Gasteiger partial charge in [0.25, 0.3) is 0 Å². The Labute approximate surface area is 108 Å². The van der Waals surface area contributed by atoms with Crippen molar-refractivity contribution in [1.29, 1.82) is 0 Å². The van der Waals surface area contributed by atoms with Crippen LogP contribution in [0.5, 0.6) is 0 Å². The molecule has 5 heteroatoms. The molecule has 1 N–H and O–H groups in total. The molecule has 0 aliphatic carbocycles. The van der Waals surface area contributed by atoms with Crippen molar-refractivity contribution < 1.29 is 19.4 Å². The Bertz CT molecular complexity index is 314. The van der Waals surface area contributed by atoms with E-state index in [-0.39, 0.29) is 24.8 Å². The minimum absolute atomic E-state index is 0.0138. The summed E-state index contributed by atoms with van der Waals surface area (Å²) in [6.45, 7) is 7.44. The molecule has 0 unspecified atom stereocenters. The molecule has 1 amide bonds. The molecule has 0 aromatic carbocycles. The minimum Gasteiger partial charge on any atom is -0.481 e. The van der Waals surface area contributed by atoms with E-state index in [2.05, 4.69) is 0 Å². The molecule has 1 fully saturated rings. The first-order valence-electron chi connectivity index (χ1n) is 6.45. The average Bonchev–Trinajstić information content (AvgIpc) is 2.26. The molecular weight excluding hydrogens is 234 g/mol. The highest BCUT2D eigenvalue weighted by atomic mass is 16.5. The lowest BCUT2D eigenvalue weighted by atomic mass is 9.85. The Morgan fingerprint density at radius 2 is 2.06 bits per heavy atom. The lowest BCUT2D eigenvalue weighted by molar-refractivity contribution is -0.144. The van der Waals surface area contributed by atoms with Crippen LogP contribution in [0.4, 0.5) is 0 Å². The number of hydrogen-bond donors (Lipinski definition) is 1. The fraction of sp³-hybridized carbons (Fsp3) is 0.846. The van der Waals surface area contributed by atoms with E-state index >= 15 is 0 Å². The van der Waals surface area contributed by atoms with Gasteiger partial charge in [0, 0.05) is 13.0 Å². The van der Waals surface area contributed by atoms with Gasteiger partial charge in [-0.2, -0.15) is 0 Å². The van der Waals surface area contributed by atoms with Crippen molar-refractivity contribution >= 4 is 11.9 Å². The summed E-state index contributed by atoms with van der Waals surface area (Å²) in [5, 5.41) is 8.83. The first kappa shape index (κ1) is 15.0. The van der Waals surface area contributed by atoms with Crippen LogP contribution in [-0.2, 0) is 14.3 Å². The van der Waals surface area contributed by atoms with Crippen LogP contribution in [0.2, 0.25) is 0 Å². The van der Waals surface area contributed by atoms with Crippen LogP contribution >= 0.6 is 0 Å². The third-order valence-electron chi connectivity index (χ3n) is 3.28. The van der Waals surface area contributed by atoms with Crippen LogP contribution in [0.1, 0.15) is 40.0 Å². The van der Waals surface area contributed by atoms with Crippen molar-refractivity contribution in [2.45, 2.75) is 46.1 Å². The number of ether oxygens (including phenoxy) is 1. The summed E-state index contributed by atoms with van der Waals surface area (Å²) >= 11 is 0. The molecule has 0 bridgehead atoms. The summed E-state index contributed by atoms with van der Waals surface area (Å²) in [5.41, 5.74) is -0.500. The van der Waals surface area contributed by atoms with E-state index in [9.17, 15) is 9.59 Å². The summed E-state index contributed by atoms with van der Waals surface area (Å²) in [7, 11) is 0. The zero-order valence-corrected chi connectivity index (χ0v) is 11.4. The SMILES string of the molecule is CC[C@H]1COCCN1C(=O)CC(C)(C)CC(=O)O. The van der Waals surface area contributed by atoms with Crippen LogP contribution in [0.3, 0.4) is 0 Å². The highest BCUT2D eigenvalue weighted by Gasteiger charge is 2.31. The van der Waals surface area contributed by atoms with Crippen LogP contribution in [0, 0.1) is 5.41 Å². The zero-order valence-electron chi connectivity index (χ0n) is 11.4. The quantitative estimate of drug-likeness (QED) is 0.810. The van der Waals surface area contributed by atoms with Gasteiger partial charge in [0.2, 0.25) is 5.91 Å². The first-order valence-corrected chi connectivity index (χ1v) is 6.45. The van der Waals surface area contributed by atoms with E-state index in [1.807, 2.05) is 25.7 Å². The number of carboxylic acid groups (broad SMARTS) is 1. The molecule has 0 aromatic rings. The van der Waals surface area contributed by atoms with Crippen molar-refractivity contribution in [1.82, 2.24) is 4.90 Å². The van der Waals surface area contributed by atoms with Crippen LogP contribution in [0.15, 0.2) is 0 Å². The average molecular weight is 257 g/mol. The first-order chi connectivity index (χ1) is 8.35. The minimum atomic E-state index is -0.859. The predicted octanol–water partition coefficient (Wildman–Crippen LogP) is 1.51. The summed E-state index contributed by atoms with van der Waals surface area (Å²) in [6.07, 6.45) is 1.15. The Morgan fingerprint density at radius 3 is 2.61 bits per heavy atom. The lowest BCUT2D eigenvalue weighted by Gasteiger charge is -2.37. The Balaban J connectivity index is 2.60. The number of carbonyl (C=O) groups excluding carboxylic acids is 1. The molecule has 1 aliphatic rings. The number of carboxylic acids is 1. The summed E-state index contributed by atoms with van der Waals surface area (Å²) in [4.78, 5) is 24.8. The number of morpholine rings is 1. The third kappa shape index (κ3) is 4.29. The summed E-state index contributed by atoms with van der Waals surface area (Å²) in [6, 6.07) is 0.131. The van der Waals surface area contributed by atoms with Gasteiger partial charge in [0.15, 0.2) is 0 Å². The fourth-order valence-corrected chi connectivity index (χ4v) is 2.30. The van der Waals surface area contributed by atoms with Crippen molar-refractivity contribution in [3.05, 3.63) is 0 Å². The monoisotopic (exact) mass is 257 g/mol. The molecule has 1 atom stereocenters. The van der Waals surface area contributed by atoms with Gasteiger partial charge >= 0.3 is 5.97 Å². The number of rotatable bonds is 5. The molecule has 5 nitrogen and oxygen atoms in total. The predicted molar refractivity (Wildman–Crippen MR) is 67.3 cm³/mol. The van der Waals surface area contributed by atoms with Gasteiger partial charge in [-0.15, -0.1) is 0 Å². The molecule has 18 heavy (non-hydrogen) atoms. The Morgan fingerprint density at radius 1 is 1.39 bits per heavy atom. The van der Waals surface area contributed by atoms with E-state index in [0.29, 0.717) is 19.8 Å². The molecule has 1 heterocycles. The van der Waals surface area contributed by atoms with E-state index in [1.165, 1.54) is 0 Å². The number of aliphatic carboxylic acids is 1. The molecule has 0 saturated carbocycles. The van der Waals surface area contributed by atoms with Crippen LogP contribution < -0.4 is 0 Å². The smallest absolute Gasteiger partial charge is 0.303 e. The van der Waals surface area contributed by atoms with Gasteiger partial charge < -0.3 is 14.7 Å². The normalized spacial score (nSPS) is 20.8. The molecule has 104 valence electrons. The van der Waals surface area contributed by atoms with Crippen molar-refractivity contribution in [2.24, 2.45) is 5.41 Å². The maximum atomic E-state index is 12.2. The topological polar surface area (TPSA) is 66.8 Å². The van der Waals surface area contributed by atoms with E-state index in [0.717, 1.165) is 6.42 Å². The molecular formula is C13H23NO4. The van der Waals surface area contributed by atoms with Crippen LogP contribution in [0.25, 0.3) is 0 Å². The zero-order chi connectivity index (χ0) is 13.8. The molecule has 1 saturated heterocycles. The lowest BCUT2D eigenvalue weighted by Crippen LogP contribution is -2.49. The van der Waals surface area contributed by atoms with Gasteiger partial charge in [0.05, 0.1) is 25.7 Å². The van der Waals surface area contributed by atoms with Crippen molar-refractivity contribution in [3.63, 3.8) is 0 Å². The van der Waals surface area contributed by atoms with Crippen molar-refractivity contribution in [3.8, 4) is 0 Å². The van der Waals surface area contributed by atoms with E-state index in [4.69, 9.17) is 9.84 Å². The molecule has 0 radical (unpaired) electrons. The third-order valence-corrected chi connectivity index (χ3v) is 3.28. The van der Waals surface area contributed by atoms with E-state index < -0.39 is 11.4 Å². The standard InChI is InChI=1S/C13H23NO4/c1-4-10-9-18-6-5-14(10)11(15)7-13(2,3)8-12(16)17/h10H,4-9H2,1-3H3,(H,16,17)/t10-/m0/s1. The largest absolute Gasteiger partial charge is 0.481 e. The Hall–Kier alpha value is -1.10. The number of amides is 1. The van der Waals surface area contributed by atoms with E-state index in [1.54, 1.807) is 0 Å².